The summed E-state index contributed by atoms with van der Waals surface area (Å²) in [5.74, 6) is 1.42. The number of nitrogens with one attached hydrogen (secondary N) is 1. The third-order valence-corrected chi connectivity index (χ3v) is 4.44. The Morgan fingerprint density at radius 1 is 1.16 bits per heavy atom. The maximum absolute atomic E-state index is 4.63. The van der Waals surface area contributed by atoms with Gasteiger partial charge in [-0.3, -0.25) is 4.98 Å². The van der Waals surface area contributed by atoms with Crippen molar-refractivity contribution in [2.24, 2.45) is 5.92 Å². The lowest BCUT2D eigenvalue weighted by atomic mass is 9.75. The van der Waals surface area contributed by atoms with Gasteiger partial charge in [0.1, 0.15) is 0 Å². The van der Waals surface area contributed by atoms with Crippen LogP contribution < -0.4 is 5.32 Å². The van der Waals surface area contributed by atoms with E-state index in [2.05, 4.69) is 41.6 Å². The molecule has 3 rings (SSSR count). The molecule has 19 heavy (non-hydrogen) atoms. The number of para-hydroxylation sites is 1. The Hall–Kier alpha value is -1.41. The van der Waals surface area contributed by atoms with Crippen LogP contribution in [0.4, 0.5) is 0 Å². The van der Waals surface area contributed by atoms with Crippen LogP contribution in [0.1, 0.15) is 37.2 Å². The molecular weight excluding hydrogens is 232 g/mol. The van der Waals surface area contributed by atoms with Crippen molar-refractivity contribution < 1.29 is 0 Å². The quantitative estimate of drug-likeness (QED) is 0.902. The fourth-order valence-corrected chi connectivity index (χ4v) is 3.55. The van der Waals surface area contributed by atoms with Crippen molar-refractivity contribution in [2.45, 2.75) is 31.6 Å². The Kier molecular flexibility index (Phi) is 3.79. The van der Waals surface area contributed by atoms with Crippen LogP contribution in [0.5, 0.6) is 0 Å². The topological polar surface area (TPSA) is 24.9 Å². The van der Waals surface area contributed by atoms with E-state index in [9.17, 15) is 0 Å². The number of pyridine rings is 1. The number of fused-ring (bicyclic) bond motifs is 1. The summed E-state index contributed by atoms with van der Waals surface area (Å²) in [7, 11) is 2.06. The van der Waals surface area contributed by atoms with Crippen LogP contribution in [-0.4, -0.2) is 18.6 Å². The molecule has 1 aromatic heterocycles. The van der Waals surface area contributed by atoms with E-state index in [1.54, 1.807) is 0 Å². The van der Waals surface area contributed by atoms with Crippen molar-refractivity contribution in [1.82, 2.24) is 10.3 Å². The normalized spacial score (nSPS) is 23.6. The largest absolute Gasteiger partial charge is 0.319 e. The second-order valence-electron chi connectivity index (χ2n) is 5.63. The van der Waals surface area contributed by atoms with Crippen LogP contribution in [0.2, 0.25) is 0 Å². The van der Waals surface area contributed by atoms with E-state index in [0.717, 1.165) is 12.5 Å². The van der Waals surface area contributed by atoms with E-state index >= 15 is 0 Å². The molecule has 1 aliphatic carbocycles. The molecule has 2 nitrogen and oxygen atoms in total. The van der Waals surface area contributed by atoms with E-state index in [0.29, 0.717) is 5.92 Å². The molecule has 1 fully saturated rings. The first-order valence-electron chi connectivity index (χ1n) is 7.38. The lowest BCUT2D eigenvalue weighted by Crippen LogP contribution is -2.27. The van der Waals surface area contributed by atoms with E-state index in [-0.39, 0.29) is 0 Å². The minimum absolute atomic E-state index is 0.666. The molecule has 2 unspecified atom stereocenters. The first-order valence-corrected chi connectivity index (χ1v) is 7.38. The fourth-order valence-electron chi connectivity index (χ4n) is 3.55. The van der Waals surface area contributed by atoms with Gasteiger partial charge in [-0.25, -0.2) is 0 Å². The SMILES string of the molecule is CNCC1CCCCC1c1cccc2cccnc12. The summed E-state index contributed by atoms with van der Waals surface area (Å²) in [5.41, 5.74) is 2.66. The molecule has 2 atom stereocenters. The summed E-state index contributed by atoms with van der Waals surface area (Å²) in [5, 5.41) is 4.64. The molecule has 0 aliphatic heterocycles. The summed E-state index contributed by atoms with van der Waals surface area (Å²) in [6, 6.07) is 10.8. The number of rotatable bonds is 3. The zero-order valence-electron chi connectivity index (χ0n) is 11.6. The van der Waals surface area contributed by atoms with Crippen molar-refractivity contribution >= 4 is 10.9 Å². The van der Waals surface area contributed by atoms with Crippen LogP contribution in [0, 0.1) is 5.92 Å². The Balaban J connectivity index is 2.02. The Morgan fingerprint density at radius 2 is 2.00 bits per heavy atom. The molecule has 100 valence electrons. The van der Waals surface area contributed by atoms with Gasteiger partial charge in [-0.2, -0.15) is 0 Å². The lowest BCUT2D eigenvalue weighted by molar-refractivity contribution is 0.302. The predicted molar refractivity (Wildman–Crippen MR) is 80.4 cm³/mol. The zero-order valence-corrected chi connectivity index (χ0v) is 11.6. The molecular formula is C17H22N2. The number of aromatic nitrogens is 1. The molecule has 1 saturated carbocycles. The monoisotopic (exact) mass is 254 g/mol. The molecule has 0 amide bonds. The minimum Gasteiger partial charge on any atom is -0.319 e. The molecule has 1 heterocycles. The highest BCUT2D eigenvalue weighted by Gasteiger charge is 2.27. The molecule has 0 spiro atoms. The van der Waals surface area contributed by atoms with Crippen molar-refractivity contribution in [2.75, 3.05) is 13.6 Å². The van der Waals surface area contributed by atoms with Gasteiger partial charge < -0.3 is 5.32 Å². The minimum atomic E-state index is 0.666. The number of nitrogens with zero attached hydrogens (tertiary/aromatic N) is 1. The second kappa shape index (κ2) is 5.70. The molecule has 0 bridgehead atoms. The van der Waals surface area contributed by atoms with Crippen molar-refractivity contribution in [3.63, 3.8) is 0 Å². The van der Waals surface area contributed by atoms with Gasteiger partial charge in [-0.05, 0) is 49.9 Å². The zero-order chi connectivity index (χ0) is 13.1. The van der Waals surface area contributed by atoms with E-state index < -0.39 is 0 Å². The maximum atomic E-state index is 4.63. The molecule has 2 heteroatoms. The molecule has 1 aliphatic rings. The lowest BCUT2D eigenvalue weighted by Gasteiger charge is -2.32. The van der Waals surface area contributed by atoms with Crippen LogP contribution in [0.25, 0.3) is 10.9 Å². The highest BCUT2D eigenvalue weighted by molar-refractivity contribution is 5.82. The van der Waals surface area contributed by atoms with E-state index in [4.69, 9.17) is 0 Å². The summed E-state index contributed by atoms with van der Waals surface area (Å²) in [4.78, 5) is 4.63. The summed E-state index contributed by atoms with van der Waals surface area (Å²) in [6.45, 7) is 1.12. The van der Waals surface area contributed by atoms with Crippen LogP contribution >= 0.6 is 0 Å². The average Bonchev–Trinajstić information content (AvgIpc) is 2.48. The van der Waals surface area contributed by atoms with Gasteiger partial charge in [-0.15, -0.1) is 0 Å². The van der Waals surface area contributed by atoms with Crippen LogP contribution in [-0.2, 0) is 0 Å². The highest BCUT2D eigenvalue weighted by atomic mass is 14.8. The van der Waals surface area contributed by atoms with E-state index in [1.165, 1.54) is 42.1 Å². The predicted octanol–water partition coefficient (Wildman–Crippen LogP) is 3.73. The molecule has 0 radical (unpaired) electrons. The summed E-state index contributed by atoms with van der Waals surface area (Å²) < 4.78 is 0. The van der Waals surface area contributed by atoms with Crippen LogP contribution in [0.15, 0.2) is 36.5 Å². The van der Waals surface area contributed by atoms with Crippen molar-refractivity contribution in [3.05, 3.63) is 42.1 Å². The van der Waals surface area contributed by atoms with Gasteiger partial charge in [0.05, 0.1) is 5.52 Å². The average molecular weight is 254 g/mol. The Morgan fingerprint density at radius 3 is 2.89 bits per heavy atom. The smallest absolute Gasteiger partial charge is 0.0736 e. The number of benzene rings is 1. The van der Waals surface area contributed by atoms with Gasteiger partial charge in [-0.1, -0.05) is 37.1 Å². The van der Waals surface area contributed by atoms with Gasteiger partial charge >= 0.3 is 0 Å². The Labute approximate surface area is 115 Å². The maximum Gasteiger partial charge on any atom is 0.0736 e. The first kappa shape index (κ1) is 12.6. The molecule has 2 aromatic rings. The standard InChI is InChI=1S/C17H22N2/c1-18-12-14-6-2-3-9-15(14)16-10-4-7-13-8-5-11-19-17(13)16/h4-5,7-8,10-11,14-15,18H,2-3,6,9,12H2,1H3. The van der Waals surface area contributed by atoms with Gasteiger partial charge in [0.25, 0.3) is 0 Å². The van der Waals surface area contributed by atoms with Gasteiger partial charge in [0.2, 0.25) is 0 Å². The fraction of sp³-hybridized carbons (Fsp3) is 0.471. The van der Waals surface area contributed by atoms with E-state index in [1.807, 2.05) is 12.3 Å². The highest BCUT2D eigenvalue weighted by Crippen LogP contribution is 2.39. The molecule has 1 aromatic carbocycles. The Bertz CT molecular complexity index is 542. The number of hydrogen-bond acceptors (Lipinski definition) is 2. The van der Waals surface area contributed by atoms with Crippen molar-refractivity contribution in [1.29, 1.82) is 0 Å². The van der Waals surface area contributed by atoms with Gasteiger partial charge in [0, 0.05) is 11.6 Å². The number of hydrogen-bond donors (Lipinski definition) is 1. The van der Waals surface area contributed by atoms with Gasteiger partial charge in [0.15, 0.2) is 0 Å². The molecule has 1 N–H and O–H groups in total. The molecule has 0 saturated heterocycles. The van der Waals surface area contributed by atoms with Crippen LogP contribution in [0.3, 0.4) is 0 Å². The third kappa shape index (κ3) is 2.50. The first-order chi connectivity index (χ1) is 9.40. The third-order valence-electron chi connectivity index (χ3n) is 4.44. The second-order valence-corrected chi connectivity index (χ2v) is 5.63. The summed E-state index contributed by atoms with van der Waals surface area (Å²) in [6.07, 6.45) is 7.30. The van der Waals surface area contributed by atoms with Crippen molar-refractivity contribution in [3.8, 4) is 0 Å². The summed E-state index contributed by atoms with van der Waals surface area (Å²) >= 11 is 0.